The van der Waals surface area contributed by atoms with Crippen molar-refractivity contribution in [3.8, 4) is 0 Å². The topological polar surface area (TPSA) is 64.7 Å². The van der Waals surface area contributed by atoms with Crippen molar-refractivity contribution < 1.29 is 4.79 Å². The van der Waals surface area contributed by atoms with Crippen molar-refractivity contribution in [2.45, 2.75) is 33.7 Å². The van der Waals surface area contributed by atoms with Crippen LogP contribution in [0.5, 0.6) is 0 Å². The Morgan fingerprint density at radius 2 is 2.05 bits per heavy atom. The molecule has 6 nitrogen and oxygen atoms in total. The van der Waals surface area contributed by atoms with Crippen LogP contribution >= 0.6 is 11.6 Å². The van der Waals surface area contributed by atoms with Crippen LogP contribution in [0.2, 0.25) is 5.02 Å². The minimum Gasteiger partial charge on any atom is -0.351 e. The molecule has 0 bridgehead atoms. The van der Waals surface area contributed by atoms with Gasteiger partial charge in [-0.15, -0.1) is 0 Å². The van der Waals surface area contributed by atoms with Crippen LogP contribution in [0.4, 0.5) is 0 Å². The molecule has 21 heavy (non-hydrogen) atoms. The normalized spacial score (nSPS) is 10.9. The van der Waals surface area contributed by atoms with Crippen molar-refractivity contribution >= 4 is 17.5 Å². The molecule has 2 rings (SSSR count). The second-order valence-corrected chi connectivity index (χ2v) is 5.51. The average molecular weight is 310 g/mol. The van der Waals surface area contributed by atoms with Gasteiger partial charge in [0.25, 0.3) is 5.91 Å². The maximum atomic E-state index is 12.1. The van der Waals surface area contributed by atoms with Gasteiger partial charge in [-0.25, -0.2) is 0 Å². The summed E-state index contributed by atoms with van der Waals surface area (Å²) in [5.74, 6) is -0.198. The number of nitrogens with one attached hydrogen (secondary N) is 1. The highest BCUT2D eigenvalue weighted by atomic mass is 35.5. The summed E-state index contributed by atoms with van der Waals surface area (Å²) in [6.45, 7) is 7.12. The molecule has 0 aliphatic carbocycles. The number of hydrogen-bond acceptors (Lipinski definition) is 3. The highest BCUT2D eigenvalue weighted by Gasteiger charge is 2.17. The van der Waals surface area contributed by atoms with Crippen LogP contribution < -0.4 is 5.32 Å². The molecule has 0 aliphatic rings. The Balaban J connectivity index is 1.86. The molecule has 0 saturated carbocycles. The number of rotatable bonds is 5. The van der Waals surface area contributed by atoms with Crippen molar-refractivity contribution in [3.63, 3.8) is 0 Å². The molecule has 0 aliphatic heterocycles. The monoisotopic (exact) mass is 309 g/mol. The molecule has 0 unspecified atom stereocenters. The Hall–Kier alpha value is -1.82. The lowest BCUT2D eigenvalue weighted by Crippen LogP contribution is -2.27. The first-order valence-corrected chi connectivity index (χ1v) is 7.26. The van der Waals surface area contributed by atoms with E-state index in [-0.39, 0.29) is 5.91 Å². The van der Waals surface area contributed by atoms with Crippen molar-refractivity contribution in [2.24, 2.45) is 7.05 Å². The van der Waals surface area contributed by atoms with Crippen LogP contribution in [-0.4, -0.2) is 32.0 Å². The molecule has 0 aromatic carbocycles. The summed E-state index contributed by atoms with van der Waals surface area (Å²) in [5, 5.41) is 11.8. The van der Waals surface area contributed by atoms with Crippen LogP contribution in [0.3, 0.4) is 0 Å². The van der Waals surface area contributed by atoms with E-state index in [0.717, 1.165) is 24.4 Å². The van der Waals surface area contributed by atoms with Gasteiger partial charge in [-0.3, -0.25) is 14.2 Å². The molecule has 114 valence electrons. The molecule has 2 heterocycles. The van der Waals surface area contributed by atoms with E-state index in [0.29, 0.717) is 23.0 Å². The molecular weight excluding hydrogens is 290 g/mol. The smallest absolute Gasteiger partial charge is 0.271 e. The first kappa shape index (κ1) is 15.6. The first-order valence-electron chi connectivity index (χ1n) is 6.88. The van der Waals surface area contributed by atoms with Gasteiger partial charge in [-0.1, -0.05) is 11.6 Å². The van der Waals surface area contributed by atoms with Crippen LogP contribution in [0.15, 0.2) is 6.07 Å². The van der Waals surface area contributed by atoms with Crippen molar-refractivity contribution in [1.29, 1.82) is 0 Å². The van der Waals surface area contributed by atoms with Crippen LogP contribution in [-0.2, 0) is 13.6 Å². The number of aryl methyl sites for hydroxylation is 5. The summed E-state index contributed by atoms with van der Waals surface area (Å²) in [4.78, 5) is 12.1. The molecule has 0 saturated heterocycles. The van der Waals surface area contributed by atoms with Crippen LogP contribution in [0.1, 0.15) is 34.0 Å². The Kier molecular flexibility index (Phi) is 4.67. The molecule has 0 fully saturated rings. The third kappa shape index (κ3) is 3.44. The molecule has 0 atom stereocenters. The van der Waals surface area contributed by atoms with E-state index in [2.05, 4.69) is 15.5 Å². The second kappa shape index (κ2) is 6.30. The predicted molar refractivity (Wildman–Crippen MR) is 81.6 cm³/mol. The number of carbonyl (C=O) groups excluding carboxylic acids is 1. The van der Waals surface area contributed by atoms with Gasteiger partial charge in [0.1, 0.15) is 5.69 Å². The number of nitrogens with zero attached hydrogens (tertiary/aromatic N) is 4. The van der Waals surface area contributed by atoms with Gasteiger partial charge in [0.2, 0.25) is 0 Å². The van der Waals surface area contributed by atoms with Crippen molar-refractivity contribution in [1.82, 2.24) is 24.9 Å². The Morgan fingerprint density at radius 1 is 1.33 bits per heavy atom. The number of amides is 1. The first-order chi connectivity index (χ1) is 9.90. The maximum absolute atomic E-state index is 12.1. The standard InChI is InChI=1S/C14H20ClN5O/c1-9-8-10(2)20(17-9)7-5-6-16-14(21)13-12(15)11(3)18-19(13)4/h8H,5-7H2,1-4H3,(H,16,21). The molecule has 1 amide bonds. The van der Waals surface area contributed by atoms with Gasteiger partial charge in [0, 0.05) is 25.8 Å². The van der Waals surface area contributed by atoms with E-state index < -0.39 is 0 Å². The molecule has 7 heteroatoms. The van der Waals surface area contributed by atoms with Gasteiger partial charge >= 0.3 is 0 Å². The largest absolute Gasteiger partial charge is 0.351 e. The molecular formula is C14H20ClN5O. The lowest BCUT2D eigenvalue weighted by Gasteiger charge is -2.07. The number of hydrogen-bond donors (Lipinski definition) is 1. The number of halogens is 1. The average Bonchev–Trinajstić information content (AvgIpc) is 2.85. The predicted octanol–water partition coefficient (Wildman–Crippen LogP) is 2.02. The summed E-state index contributed by atoms with van der Waals surface area (Å²) >= 11 is 6.08. The fraction of sp³-hybridized carbons (Fsp3) is 0.500. The third-order valence-corrected chi connectivity index (χ3v) is 3.75. The van der Waals surface area contributed by atoms with E-state index in [9.17, 15) is 4.79 Å². The summed E-state index contributed by atoms with van der Waals surface area (Å²) in [6.07, 6.45) is 0.808. The Bertz CT molecular complexity index is 659. The highest BCUT2D eigenvalue weighted by molar-refractivity contribution is 6.34. The van der Waals surface area contributed by atoms with E-state index in [4.69, 9.17) is 11.6 Å². The van der Waals surface area contributed by atoms with Crippen molar-refractivity contribution in [2.75, 3.05) is 6.54 Å². The van der Waals surface area contributed by atoms with Gasteiger partial charge in [0.05, 0.1) is 16.4 Å². The lowest BCUT2D eigenvalue weighted by atomic mass is 10.3. The third-order valence-electron chi connectivity index (χ3n) is 3.30. The summed E-state index contributed by atoms with van der Waals surface area (Å²) in [7, 11) is 1.71. The fourth-order valence-corrected chi connectivity index (χ4v) is 2.54. The zero-order valence-corrected chi connectivity index (χ0v) is 13.5. The van der Waals surface area contributed by atoms with E-state index in [1.807, 2.05) is 24.6 Å². The highest BCUT2D eigenvalue weighted by Crippen LogP contribution is 2.18. The van der Waals surface area contributed by atoms with Gasteiger partial charge in [-0.2, -0.15) is 10.2 Å². The van der Waals surface area contributed by atoms with Crippen LogP contribution in [0, 0.1) is 20.8 Å². The summed E-state index contributed by atoms with van der Waals surface area (Å²) in [5.41, 5.74) is 3.20. The summed E-state index contributed by atoms with van der Waals surface area (Å²) < 4.78 is 3.46. The van der Waals surface area contributed by atoms with E-state index in [1.165, 1.54) is 4.68 Å². The number of aromatic nitrogens is 4. The molecule has 2 aromatic rings. The summed E-state index contributed by atoms with van der Waals surface area (Å²) in [6, 6.07) is 2.04. The lowest BCUT2D eigenvalue weighted by molar-refractivity contribution is 0.0943. The van der Waals surface area contributed by atoms with Gasteiger partial charge < -0.3 is 5.32 Å². The van der Waals surface area contributed by atoms with Gasteiger partial charge in [0.15, 0.2) is 0 Å². The van der Waals surface area contributed by atoms with Crippen molar-refractivity contribution in [3.05, 3.63) is 33.9 Å². The Morgan fingerprint density at radius 3 is 2.57 bits per heavy atom. The molecule has 0 radical (unpaired) electrons. The van der Waals surface area contributed by atoms with Gasteiger partial charge in [-0.05, 0) is 33.3 Å². The SMILES string of the molecule is Cc1cc(C)n(CCCNC(=O)c2c(Cl)c(C)nn2C)n1. The molecule has 0 spiro atoms. The minimum atomic E-state index is -0.198. The molecule has 1 N–H and O–H groups in total. The zero-order chi connectivity index (χ0) is 15.6. The fourth-order valence-electron chi connectivity index (χ4n) is 2.29. The minimum absolute atomic E-state index is 0.198. The maximum Gasteiger partial charge on any atom is 0.271 e. The Labute approximate surface area is 129 Å². The van der Waals surface area contributed by atoms with Crippen LogP contribution in [0.25, 0.3) is 0 Å². The quantitative estimate of drug-likeness (QED) is 0.859. The van der Waals surface area contributed by atoms with E-state index in [1.54, 1.807) is 14.0 Å². The second-order valence-electron chi connectivity index (χ2n) is 5.13. The number of carbonyl (C=O) groups is 1. The molecule has 2 aromatic heterocycles. The zero-order valence-electron chi connectivity index (χ0n) is 12.8. The van der Waals surface area contributed by atoms with E-state index >= 15 is 0 Å².